The average molecular weight is 277 g/mol. The predicted molar refractivity (Wildman–Crippen MR) is 71.5 cm³/mol. The third-order valence-electron chi connectivity index (χ3n) is 3.11. The van der Waals surface area contributed by atoms with Gasteiger partial charge in [-0.2, -0.15) is 0 Å². The van der Waals surface area contributed by atoms with E-state index in [9.17, 15) is 8.42 Å². The molecule has 1 unspecified atom stereocenters. The van der Waals surface area contributed by atoms with Crippen LogP contribution in [0, 0.1) is 5.92 Å². The number of hydrogen-bond acceptors (Lipinski definition) is 5. The lowest BCUT2D eigenvalue weighted by molar-refractivity contribution is 0.194. The van der Waals surface area contributed by atoms with Crippen molar-refractivity contribution < 1.29 is 13.6 Å². The highest BCUT2D eigenvalue weighted by Gasteiger charge is 2.32. The molecule has 3 N–H and O–H groups in total. The highest BCUT2D eigenvalue weighted by molar-refractivity contribution is 7.91. The Morgan fingerprint density at radius 3 is 2.67 bits per heavy atom. The molecule has 1 aliphatic rings. The number of hydrogen-bond donors (Lipinski definition) is 2. The van der Waals surface area contributed by atoms with Crippen LogP contribution in [-0.2, 0) is 9.84 Å². The molecule has 7 heteroatoms. The summed E-state index contributed by atoms with van der Waals surface area (Å²) in [6.07, 6.45) is 1.14. The van der Waals surface area contributed by atoms with Crippen molar-refractivity contribution in [2.45, 2.75) is 32.7 Å². The first-order valence-corrected chi connectivity index (χ1v) is 8.07. The Morgan fingerprint density at radius 2 is 2.22 bits per heavy atom. The Hall–Kier alpha value is -0.820. The molecule has 0 amide bonds. The summed E-state index contributed by atoms with van der Waals surface area (Å²) >= 11 is 0. The van der Waals surface area contributed by atoms with Crippen LogP contribution in [0.4, 0.5) is 0 Å². The normalized spacial score (nSPS) is 24.0. The summed E-state index contributed by atoms with van der Waals surface area (Å²) in [5, 5.41) is 11.5. The highest BCUT2D eigenvalue weighted by Crippen LogP contribution is 2.19. The minimum atomic E-state index is -2.87. The Kier molecular flexibility index (Phi) is 5.40. The van der Waals surface area contributed by atoms with Crippen molar-refractivity contribution in [1.82, 2.24) is 4.90 Å². The maximum Gasteiger partial charge on any atom is 0.151 e. The minimum absolute atomic E-state index is 0.0730. The smallest absolute Gasteiger partial charge is 0.151 e. The van der Waals surface area contributed by atoms with Gasteiger partial charge < -0.3 is 10.9 Å². The molecule has 1 heterocycles. The molecule has 0 aromatic rings. The van der Waals surface area contributed by atoms with Crippen LogP contribution in [0.5, 0.6) is 0 Å². The molecule has 0 spiro atoms. The number of sulfone groups is 1. The number of oxime groups is 1. The second-order valence-electron chi connectivity index (χ2n) is 5.29. The summed E-state index contributed by atoms with van der Waals surface area (Å²) < 4.78 is 23.0. The minimum Gasteiger partial charge on any atom is -0.409 e. The van der Waals surface area contributed by atoms with E-state index in [1.165, 1.54) is 0 Å². The van der Waals surface area contributed by atoms with Gasteiger partial charge in [-0.25, -0.2) is 8.42 Å². The van der Waals surface area contributed by atoms with Crippen molar-refractivity contribution in [2.24, 2.45) is 16.8 Å². The van der Waals surface area contributed by atoms with Crippen molar-refractivity contribution in [3.8, 4) is 0 Å². The summed E-state index contributed by atoms with van der Waals surface area (Å²) in [5.74, 6) is 1.15. The molecule has 1 fully saturated rings. The van der Waals surface area contributed by atoms with Gasteiger partial charge in [0, 0.05) is 25.6 Å². The number of amidine groups is 1. The van der Waals surface area contributed by atoms with Gasteiger partial charge in [-0.1, -0.05) is 19.0 Å². The number of nitrogens with zero attached hydrogens (tertiary/aromatic N) is 2. The van der Waals surface area contributed by atoms with Crippen LogP contribution in [0.2, 0.25) is 0 Å². The maximum absolute atomic E-state index is 11.5. The van der Waals surface area contributed by atoms with Crippen LogP contribution < -0.4 is 5.73 Å². The second kappa shape index (κ2) is 6.38. The van der Waals surface area contributed by atoms with E-state index in [0.717, 1.165) is 6.54 Å². The Morgan fingerprint density at radius 1 is 1.56 bits per heavy atom. The van der Waals surface area contributed by atoms with Crippen molar-refractivity contribution >= 4 is 15.7 Å². The van der Waals surface area contributed by atoms with Crippen LogP contribution in [0.15, 0.2) is 5.16 Å². The van der Waals surface area contributed by atoms with Gasteiger partial charge in [-0.05, 0) is 12.3 Å². The van der Waals surface area contributed by atoms with E-state index < -0.39 is 9.84 Å². The van der Waals surface area contributed by atoms with E-state index in [4.69, 9.17) is 10.9 Å². The van der Waals surface area contributed by atoms with Crippen molar-refractivity contribution in [1.29, 1.82) is 0 Å². The Bertz CT molecular complexity index is 392. The topological polar surface area (TPSA) is 96.0 Å². The van der Waals surface area contributed by atoms with Gasteiger partial charge in [0.05, 0.1) is 11.5 Å². The Balaban J connectivity index is 2.61. The molecule has 0 aromatic carbocycles. The maximum atomic E-state index is 11.5. The van der Waals surface area contributed by atoms with E-state index in [1.54, 1.807) is 0 Å². The van der Waals surface area contributed by atoms with Crippen LogP contribution in [0.1, 0.15) is 26.7 Å². The Labute approximate surface area is 109 Å². The first kappa shape index (κ1) is 15.2. The van der Waals surface area contributed by atoms with Gasteiger partial charge in [0.2, 0.25) is 0 Å². The molecular formula is C11H23N3O3S. The van der Waals surface area contributed by atoms with Crippen molar-refractivity contribution in [3.05, 3.63) is 0 Å². The van der Waals surface area contributed by atoms with E-state index in [0.29, 0.717) is 25.3 Å². The fraction of sp³-hybridized carbons (Fsp3) is 0.909. The molecule has 1 saturated heterocycles. The number of rotatable bonds is 6. The molecule has 1 aliphatic heterocycles. The van der Waals surface area contributed by atoms with Gasteiger partial charge in [0.1, 0.15) is 5.84 Å². The average Bonchev–Trinajstić information content (AvgIpc) is 2.63. The first-order valence-electron chi connectivity index (χ1n) is 6.25. The van der Waals surface area contributed by atoms with Gasteiger partial charge in [0.15, 0.2) is 9.84 Å². The molecule has 0 bridgehead atoms. The third-order valence-corrected chi connectivity index (χ3v) is 4.86. The fourth-order valence-electron chi connectivity index (χ4n) is 2.26. The van der Waals surface area contributed by atoms with Crippen molar-refractivity contribution in [3.63, 3.8) is 0 Å². The van der Waals surface area contributed by atoms with E-state index >= 15 is 0 Å². The zero-order chi connectivity index (χ0) is 13.8. The third kappa shape index (κ3) is 4.81. The molecule has 6 nitrogen and oxygen atoms in total. The van der Waals surface area contributed by atoms with Crippen LogP contribution in [-0.4, -0.2) is 55.0 Å². The zero-order valence-electron chi connectivity index (χ0n) is 11.0. The van der Waals surface area contributed by atoms with E-state index in [-0.39, 0.29) is 23.4 Å². The quantitative estimate of drug-likeness (QED) is 0.314. The number of nitrogens with two attached hydrogens (primary N) is 1. The summed E-state index contributed by atoms with van der Waals surface area (Å²) in [7, 11) is -2.87. The van der Waals surface area contributed by atoms with Crippen molar-refractivity contribution in [2.75, 3.05) is 24.6 Å². The van der Waals surface area contributed by atoms with Gasteiger partial charge in [-0.3, -0.25) is 4.90 Å². The lowest BCUT2D eigenvalue weighted by atomic mass is 10.1. The SMILES string of the molecule is CC(C)CN(CCC(N)=NO)C1CCS(=O)(=O)C1. The van der Waals surface area contributed by atoms with E-state index in [2.05, 4.69) is 23.9 Å². The van der Waals surface area contributed by atoms with E-state index in [1.807, 2.05) is 0 Å². The molecule has 18 heavy (non-hydrogen) atoms. The molecule has 1 atom stereocenters. The first-order chi connectivity index (χ1) is 8.34. The predicted octanol–water partition coefficient (Wildman–Crippen LogP) is 0.268. The lowest BCUT2D eigenvalue weighted by Crippen LogP contribution is -2.40. The summed E-state index contributed by atoms with van der Waals surface area (Å²) in [4.78, 5) is 2.15. The monoisotopic (exact) mass is 277 g/mol. The van der Waals surface area contributed by atoms with Crippen LogP contribution in [0.3, 0.4) is 0 Å². The highest BCUT2D eigenvalue weighted by atomic mass is 32.2. The van der Waals surface area contributed by atoms with Gasteiger partial charge >= 0.3 is 0 Å². The molecular weight excluding hydrogens is 254 g/mol. The standard InChI is InChI=1S/C11H23N3O3S/c1-9(2)7-14(5-3-11(12)13-15)10-4-6-18(16,17)8-10/h9-10,15H,3-8H2,1-2H3,(H2,12,13). The summed E-state index contributed by atoms with van der Waals surface area (Å²) in [5.41, 5.74) is 5.46. The molecule has 0 aromatic heterocycles. The summed E-state index contributed by atoms with van der Waals surface area (Å²) in [6.45, 7) is 5.66. The second-order valence-corrected chi connectivity index (χ2v) is 7.52. The fourth-order valence-corrected chi connectivity index (χ4v) is 4.03. The van der Waals surface area contributed by atoms with Crippen LogP contribution >= 0.6 is 0 Å². The summed E-state index contributed by atoms with van der Waals surface area (Å²) in [6, 6.07) is 0.0730. The van der Waals surface area contributed by atoms with Gasteiger partial charge in [0.25, 0.3) is 0 Å². The van der Waals surface area contributed by atoms with Crippen LogP contribution in [0.25, 0.3) is 0 Å². The molecule has 106 valence electrons. The molecule has 0 aliphatic carbocycles. The molecule has 0 saturated carbocycles. The van der Waals surface area contributed by atoms with Gasteiger partial charge in [-0.15, -0.1) is 0 Å². The lowest BCUT2D eigenvalue weighted by Gasteiger charge is -2.29. The molecule has 1 rings (SSSR count). The molecule has 0 radical (unpaired) electrons. The largest absolute Gasteiger partial charge is 0.409 e. The zero-order valence-corrected chi connectivity index (χ0v) is 11.9.